The first-order valence-electron chi connectivity index (χ1n) is 10.8. The van der Waals surface area contributed by atoms with Crippen LogP contribution in [-0.4, -0.2) is 47.9 Å². The molecule has 1 atom stereocenters. The predicted molar refractivity (Wildman–Crippen MR) is 133 cm³/mol. The monoisotopic (exact) mass is 525 g/mol. The first-order chi connectivity index (χ1) is 17.7. The molecular weight excluding hydrogens is 506 g/mol. The lowest BCUT2D eigenvalue weighted by Gasteiger charge is -2.24. The summed E-state index contributed by atoms with van der Waals surface area (Å²) in [5, 5.41) is 8.49. The van der Waals surface area contributed by atoms with Crippen molar-refractivity contribution in [1.29, 1.82) is 0 Å². The molecule has 190 valence electrons. The Morgan fingerprint density at radius 3 is 2.19 bits per heavy atom. The molecule has 0 saturated heterocycles. The third kappa shape index (κ3) is 5.59. The summed E-state index contributed by atoms with van der Waals surface area (Å²) < 4.78 is 9.39. The van der Waals surface area contributed by atoms with Crippen molar-refractivity contribution >= 4 is 58.5 Å². The van der Waals surface area contributed by atoms with Gasteiger partial charge in [0.15, 0.2) is 0 Å². The van der Waals surface area contributed by atoms with Crippen LogP contribution in [0.1, 0.15) is 38.6 Å². The maximum absolute atomic E-state index is 13.2. The molecule has 13 heteroatoms. The Kier molecular flexibility index (Phi) is 7.20. The molecule has 2 amide bonds. The summed E-state index contributed by atoms with van der Waals surface area (Å²) in [5.74, 6) is -3.97. The van der Waals surface area contributed by atoms with Crippen molar-refractivity contribution in [3.05, 3.63) is 74.5 Å². The van der Waals surface area contributed by atoms with Crippen molar-refractivity contribution in [1.82, 2.24) is 9.97 Å². The standard InChI is InChI=1S/C24H20ClN5O7/c1-36-22(34)11-7-12(23(35)37-2)9-15(8-11)26-20(32)16-10-17(31)28-19-18(16)21(33)30-24(29-19)27-14-5-3-13(25)4-6-14/h3-9,16H,10H2,1-2H3,(H,26,32)(H3,27,28,29,30,31,33). The van der Waals surface area contributed by atoms with E-state index in [-0.39, 0.29) is 40.6 Å². The van der Waals surface area contributed by atoms with Crippen LogP contribution in [0.25, 0.3) is 0 Å². The van der Waals surface area contributed by atoms with Crippen LogP contribution in [0.15, 0.2) is 47.3 Å². The summed E-state index contributed by atoms with van der Waals surface area (Å²) in [7, 11) is 2.33. The van der Waals surface area contributed by atoms with E-state index in [2.05, 4.69) is 25.9 Å². The van der Waals surface area contributed by atoms with Crippen LogP contribution in [0.3, 0.4) is 0 Å². The third-order valence-corrected chi connectivity index (χ3v) is 5.67. The average Bonchev–Trinajstić information content (AvgIpc) is 2.88. The molecule has 37 heavy (non-hydrogen) atoms. The lowest BCUT2D eigenvalue weighted by Crippen LogP contribution is -2.36. The number of benzene rings is 2. The van der Waals surface area contributed by atoms with E-state index in [0.717, 1.165) is 14.2 Å². The number of amides is 2. The molecule has 2 heterocycles. The zero-order valence-corrected chi connectivity index (χ0v) is 20.3. The van der Waals surface area contributed by atoms with Gasteiger partial charge in [0.25, 0.3) is 5.56 Å². The van der Waals surface area contributed by atoms with Gasteiger partial charge in [0.05, 0.1) is 36.8 Å². The van der Waals surface area contributed by atoms with Crippen molar-refractivity contribution in [2.24, 2.45) is 0 Å². The second-order valence-electron chi connectivity index (χ2n) is 7.89. The Labute approximate surface area is 214 Å². The van der Waals surface area contributed by atoms with Gasteiger partial charge >= 0.3 is 11.9 Å². The van der Waals surface area contributed by atoms with Gasteiger partial charge < -0.3 is 25.4 Å². The number of nitrogens with zero attached hydrogens (tertiary/aromatic N) is 1. The molecule has 1 aliphatic rings. The van der Waals surface area contributed by atoms with Gasteiger partial charge in [0.1, 0.15) is 5.82 Å². The molecule has 1 aliphatic heterocycles. The number of H-pyrrole nitrogens is 1. The molecule has 1 unspecified atom stereocenters. The van der Waals surface area contributed by atoms with E-state index < -0.39 is 35.2 Å². The van der Waals surface area contributed by atoms with Crippen molar-refractivity contribution in [3.8, 4) is 0 Å². The quantitative estimate of drug-likeness (QED) is 0.353. The van der Waals surface area contributed by atoms with Crippen molar-refractivity contribution in [2.75, 3.05) is 30.2 Å². The maximum atomic E-state index is 13.2. The number of fused-ring (bicyclic) bond motifs is 1. The minimum absolute atomic E-state index is 0.0140. The Morgan fingerprint density at radius 2 is 1.59 bits per heavy atom. The van der Waals surface area contributed by atoms with Crippen LogP contribution < -0.4 is 21.5 Å². The Hall–Kier alpha value is -4.71. The van der Waals surface area contributed by atoms with Gasteiger partial charge in [0.2, 0.25) is 17.8 Å². The lowest BCUT2D eigenvalue weighted by atomic mass is 9.92. The molecule has 0 spiro atoms. The number of hydrogen-bond donors (Lipinski definition) is 4. The highest BCUT2D eigenvalue weighted by Gasteiger charge is 2.35. The van der Waals surface area contributed by atoms with E-state index >= 15 is 0 Å². The fourth-order valence-corrected chi connectivity index (χ4v) is 3.85. The molecular formula is C24H20ClN5O7. The third-order valence-electron chi connectivity index (χ3n) is 5.42. The van der Waals surface area contributed by atoms with Crippen molar-refractivity contribution in [2.45, 2.75) is 12.3 Å². The van der Waals surface area contributed by atoms with Gasteiger partial charge in [-0.1, -0.05) is 11.6 Å². The van der Waals surface area contributed by atoms with Crippen LogP contribution in [0, 0.1) is 0 Å². The first kappa shape index (κ1) is 25.4. The molecule has 0 fully saturated rings. The number of methoxy groups -OCH3 is 2. The molecule has 0 radical (unpaired) electrons. The number of carbonyl (C=O) groups is 4. The normalized spacial score (nSPS) is 14.1. The summed E-state index contributed by atoms with van der Waals surface area (Å²) in [6.45, 7) is 0. The Balaban J connectivity index is 1.65. The second kappa shape index (κ2) is 10.5. The van der Waals surface area contributed by atoms with Gasteiger partial charge in [-0.2, -0.15) is 4.98 Å². The summed E-state index contributed by atoms with van der Waals surface area (Å²) in [6, 6.07) is 10.5. The number of carbonyl (C=O) groups excluding carboxylic acids is 4. The maximum Gasteiger partial charge on any atom is 0.337 e. The number of esters is 2. The molecule has 2 aromatic carbocycles. The number of rotatable bonds is 6. The summed E-state index contributed by atoms with van der Waals surface area (Å²) in [5.41, 5.74) is -0.0712. The molecule has 4 rings (SSSR count). The van der Waals surface area contributed by atoms with E-state index in [0.29, 0.717) is 10.7 Å². The average molecular weight is 526 g/mol. The van der Waals surface area contributed by atoms with Crippen LogP contribution in [0.4, 0.5) is 23.1 Å². The highest BCUT2D eigenvalue weighted by Crippen LogP contribution is 2.30. The largest absolute Gasteiger partial charge is 0.465 e. The molecule has 0 bridgehead atoms. The molecule has 12 nitrogen and oxygen atoms in total. The van der Waals surface area contributed by atoms with Crippen molar-refractivity contribution in [3.63, 3.8) is 0 Å². The summed E-state index contributed by atoms with van der Waals surface area (Å²) >= 11 is 5.89. The SMILES string of the molecule is COC(=O)c1cc(NC(=O)C2CC(=O)Nc3nc(Nc4ccc(Cl)cc4)[nH]c(=O)c32)cc(C(=O)OC)c1. The molecule has 1 aromatic heterocycles. The Bertz CT molecular complexity index is 1440. The number of aromatic nitrogens is 2. The summed E-state index contributed by atoms with van der Waals surface area (Å²) in [6.07, 6.45) is -0.325. The molecule has 4 N–H and O–H groups in total. The van der Waals surface area contributed by atoms with Crippen LogP contribution in [-0.2, 0) is 19.1 Å². The highest BCUT2D eigenvalue weighted by atomic mass is 35.5. The zero-order valence-electron chi connectivity index (χ0n) is 19.5. The Morgan fingerprint density at radius 1 is 0.973 bits per heavy atom. The van der Waals surface area contributed by atoms with E-state index in [1.807, 2.05) is 0 Å². The van der Waals surface area contributed by atoms with Gasteiger partial charge in [0, 0.05) is 22.8 Å². The second-order valence-corrected chi connectivity index (χ2v) is 8.32. The van der Waals surface area contributed by atoms with Crippen LogP contribution in [0.2, 0.25) is 5.02 Å². The number of ether oxygens (including phenoxy) is 2. The molecule has 0 saturated carbocycles. The van der Waals surface area contributed by atoms with Gasteiger partial charge in [-0.05, 0) is 42.5 Å². The van der Waals surface area contributed by atoms with Gasteiger partial charge in [-0.25, -0.2) is 9.59 Å². The predicted octanol–water partition coefficient (Wildman–Crippen LogP) is 2.80. The topological polar surface area (TPSA) is 169 Å². The van der Waals surface area contributed by atoms with E-state index in [9.17, 15) is 24.0 Å². The van der Waals surface area contributed by atoms with Crippen LogP contribution >= 0.6 is 11.6 Å². The van der Waals surface area contributed by atoms with E-state index in [1.165, 1.54) is 18.2 Å². The number of anilines is 4. The number of aromatic amines is 1. The highest BCUT2D eigenvalue weighted by molar-refractivity contribution is 6.30. The van der Waals surface area contributed by atoms with E-state index in [1.54, 1.807) is 24.3 Å². The molecule has 0 aliphatic carbocycles. The fourth-order valence-electron chi connectivity index (χ4n) is 3.72. The lowest BCUT2D eigenvalue weighted by molar-refractivity contribution is -0.123. The zero-order chi connectivity index (χ0) is 26.7. The number of halogens is 1. The van der Waals surface area contributed by atoms with Crippen LogP contribution in [0.5, 0.6) is 0 Å². The molecule has 3 aromatic rings. The minimum Gasteiger partial charge on any atom is -0.465 e. The minimum atomic E-state index is -1.20. The fraction of sp³-hybridized carbons (Fsp3) is 0.167. The first-order valence-corrected chi connectivity index (χ1v) is 11.2. The smallest absolute Gasteiger partial charge is 0.337 e. The summed E-state index contributed by atoms with van der Waals surface area (Å²) in [4.78, 5) is 69.4. The van der Waals surface area contributed by atoms with E-state index in [4.69, 9.17) is 21.1 Å². The van der Waals surface area contributed by atoms with Gasteiger partial charge in [-0.3, -0.25) is 19.4 Å². The number of hydrogen-bond acceptors (Lipinski definition) is 9. The van der Waals surface area contributed by atoms with Crippen molar-refractivity contribution < 1.29 is 28.7 Å². The van der Waals surface area contributed by atoms with Gasteiger partial charge in [-0.15, -0.1) is 0 Å². The number of nitrogens with one attached hydrogen (secondary N) is 4.